The minimum absolute atomic E-state index is 0.681. The Balaban J connectivity index is 0.000000188. The molecule has 0 amide bonds. The molecule has 0 fully saturated rings. The minimum atomic E-state index is -0.751. The van der Waals surface area contributed by atoms with Gasteiger partial charge in [0.1, 0.15) is 0 Å². The molecule has 14 heteroatoms. The number of halogens is 1. The van der Waals surface area contributed by atoms with Crippen LogP contribution in [0.3, 0.4) is 0 Å². The third-order valence-electron chi connectivity index (χ3n) is 8.18. The topological polar surface area (TPSA) is 103 Å². The molecule has 0 aliphatic heterocycles. The van der Waals surface area contributed by atoms with Gasteiger partial charge in [-0.15, -0.1) is 12.3 Å². The van der Waals surface area contributed by atoms with Crippen molar-refractivity contribution < 1.29 is 17.3 Å². The summed E-state index contributed by atoms with van der Waals surface area (Å²) in [5.74, 6) is 0. The Bertz CT molecular complexity index is 1800. The maximum Gasteiger partial charge on any atom is 0.0666 e. The fraction of sp³-hybridized carbons (Fsp3) is 0.0455. The maximum absolute atomic E-state index is 4.62. The summed E-state index contributed by atoms with van der Waals surface area (Å²) in [5, 5.41) is 0. The van der Waals surface area contributed by atoms with E-state index >= 15 is 0 Å². The number of nitrogens with zero attached hydrogens (tertiary/aromatic N) is 8. The quantitative estimate of drug-likeness (QED) is 0.0504. The van der Waals surface area contributed by atoms with E-state index < -0.39 is 31.7 Å². The standard InChI is InChI=1S/2C22H19N4P2.Au.HI/c2*1-5-13-23-19(9-1)27(20-10-2-6-14-24-20)17-18-28(21-11-3-7-15-25-21)22-12-4-8-16-26-22;;/h2*1-17H,18H2;;1H/q2*-1;+1;/p-1. The molecule has 0 saturated heterocycles. The zero-order valence-electron chi connectivity index (χ0n) is 31.1. The molecule has 0 aliphatic rings. The molecular formula is C44H38AuIN8P4-2. The SMILES string of the molecule is [I][Au].c1ccc(P([CH-]CP(c2ccccn2)c2ccccn2)c2ccccn2)nc1.c1ccc(P([CH-]CP(c2ccccn2)c2ccccn2)c2ccccn2)nc1. The van der Waals surface area contributed by atoms with Crippen molar-refractivity contribution in [2.45, 2.75) is 0 Å². The average molecular weight is 1130 g/mol. The smallest absolute Gasteiger partial charge is 0.0666 e. The summed E-state index contributed by atoms with van der Waals surface area (Å²) in [6.07, 6.45) is 21.3. The van der Waals surface area contributed by atoms with Gasteiger partial charge in [-0.1, -0.05) is 48.5 Å². The summed E-state index contributed by atoms with van der Waals surface area (Å²) in [6, 6.07) is 48.6. The molecule has 8 heterocycles. The largest absolute Gasteiger partial charge is 0.286 e. The van der Waals surface area contributed by atoms with Crippen LogP contribution in [0.4, 0.5) is 0 Å². The number of hydrogen-bond acceptors (Lipinski definition) is 8. The van der Waals surface area contributed by atoms with Crippen molar-refractivity contribution in [3.63, 3.8) is 0 Å². The number of aromatic nitrogens is 8. The monoisotopic (exact) mass is 1130 g/mol. The van der Waals surface area contributed by atoms with Crippen LogP contribution in [0, 0.1) is 12.3 Å². The van der Waals surface area contributed by atoms with Crippen LogP contribution in [0.25, 0.3) is 0 Å². The average Bonchev–Trinajstić information content (AvgIpc) is 3.32. The van der Waals surface area contributed by atoms with Gasteiger partial charge in [0.15, 0.2) is 0 Å². The Labute approximate surface area is 368 Å². The first-order chi connectivity index (χ1) is 28.8. The normalized spacial score (nSPS) is 10.8. The molecule has 0 unspecified atom stereocenters. The summed E-state index contributed by atoms with van der Waals surface area (Å²) in [7, 11) is -2.86. The van der Waals surface area contributed by atoms with Gasteiger partial charge < -0.3 is 0 Å². The molecule has 8 rings (SSSR count). The van der Waals surface area contributed by atoms with E-state index in [1.165, 1.54) is 0 Å². The summed E-state index contributed by atoms with van der Waals surface area (Å²) < 4.78 is 0. The Morgan fingerprint density at radius 1 is 0.310 bits per heavy atom. The van der Waals surface area contributed by atoms with Crippen LogP contribution in [-0.4, -0.2) is 52.2 Å². The summed E-state index contributed by atoms with van der Waals surface area (Å²) in [4.78, 5) is 36.9. The summed E-state index contributed by atoms with van der Waals surface area (Å²) in [6.45, 7) is 0. The molecule has 8 nitrogen and oxygen atoms in total. The van der Waals surface area contributed by atoms with Crippen molar-refractivity contribution in [1.29, 1.82) is 0 Å². The van der Waals surface area contributed by atoms with Crippen molar-refractivity contribution >= 4 is 94.2 Å². The van der Waals surface area contributed by atoms with Gasteiger partial charge in [0.25, 0.3) is 0 Å². The molecule has 0 spiro atoms. The van der Waals surface area contributed by atoms with E-state index in [0.717, 1.165) is 55.8 Å². The molecule has 0 N–H and O–H groups in total. The van der Waals surface area contributed by atoms with E-state index in [1.807, 2.05) is 147 Å². The van der Waals surface area contributed by atoms with Crippen LogP contribution in [-0.2, 0) is 17.3 Å². The predicted octanol–water partition coefficient (Wildman–Crippen LogP) is 6.87. The third kappa shape index (κ3) is 13.2. The number of hydrogen-bond donors (Lipinski definition) is 0. The molecule has 0 radical (unpaired) electrons. The zero-order chi connectivity index (χ0) is 40.0. The van der Waals surface area contributed by atoms with Crippen LogP contribution in [0.2, 0.25) is 0 Å². The second-order valence-corrected chi connectivity index (χ2v) is 20.1. The van der Waals surface area contributed by atoms with Crippen molar-refractivity contribution in [3.05, 3.63) is 207 Å². The van der Waals surface area contributed by atoms with E-state index in [0.29, 0.717) is 0 Å². The van der Waals surface area contributed by atoms with Gasteiger partial charge in [-0.3, -0.25) is 52.2 Å². The first-order valence-electron chi connectivity index (χ1n) is 18.0. The maximum atomic E-state index is 4.62. The van der Waals surface area contributed by atoms with Crippen LogP contribution in [0.1, 0.15) is 0 Å². The summed E-state index contributed by atoms with van der Waals surface area (Å²) >= 11 is 4.34. The van der Waals surface area contributed by atoms with Crippen LogP contribution in [0.5, 0.6) is 0 Å². The third-order valence-corrected chi connectivity index (χ3v) is 17.3. The molecule has 8 aromatic heterocycles. The predicted molar refractivity (Wildman–Crippen MR) is 251 cm³/mol. The Hall–Kier alpha value is -3.61. The van der Waals surface area contributed by atoms with Gasteiger partial charge in [0.05, 0.1) is 21.7 Å². The fourth-order valence-corrected chi connectivity index (χ4v) is 14.3. The summed E-state index contributed by atoms with van der Waals surface area (Å²) in [5.41, 5.74) is 8.60. The molecule has 0 aromatic carbocycles. The van der Waals surface area contributed by atoms with Gasteiger partial charge in [-0.25, -0.2) is 0 Å². The Morgan fingerprint density at radius 2 is 0.500 bits per heavy atom. The zero-order valence-corrected chi connectivity index (χ0v) is 39.0. The van der Waals surface area contributed by atoms with Gasteiger partial charge in [-0.2, -0.15) is 15.8 Å². The van der Waals surface area contributed by atoms with E-state index in [9.17, 15) is 0 Å². The molecule has 0 atom stereocenters. The van der Waals surface area contributed by atoms with Crippen LogP contribution < -0.4 is 43.5 Å². The second-order valence-electron chi connectivity index (χ2n) is 11.8. The van der Waals surface area contributed by atoms with E-state index in [1.54, 1.807) is 0 Å². The molecular weight excluding hydrogens is 1090 g/mol. The van der Waals surface area contributed by atoms with Crippen molar-refractivity contribution in [2.24, 2.45) is 0 Å². The van der Waals surface area contributed by atoms with E-state index in [-0.39, 0.29) is 0 Å². The van der Waals surface area contributed by atoms with Crippen molar-refractivity contribution in [1.82, 2.24) is 39.9 Å². The van der Waals surface area contributed by atoms with Gasteiger partial charge in [-0.05, 0) is 113 Å². The molecule has 0 aliphatic carbocycles. The molecule has 8 aromatic rings. The molecule has 0 bridgehead atoms. The number of rotatable bonds is 14. The van der Waals surface area contributed by atoms with Gasteiger partial charge in [0, 0.05) is 71.3 Å². The van der Waals surface area contributed by atoms with Gasteiger partial charge in [0.2, 0.25) is 0 Å². The van der Waals surface area contributed by atoms with E-state index in [2.05, 4.69) is 137 Å². The van der Waals surface area contributed by atoms with Crippen molar-refractivity contribution in [3.8, 4) is 0 Å². The second kappa shape index (κ2) is 25.1. The minimum Gasteiger partial charge on any atom is -0.286 e. The first-order valence-corrected chi connectivity index (χ1v) is 30.1. The van der Waals surface area contributed by atoms with Crippen LogP contribution in [0.15, 0.2) is 195 Å². The van der Waals surface area contributed by atoms with Gasteiger partial charge >= 0.3 is 36.3 Å². The Kier molecular flexibility index (Phi) is 19.0. The van der Waals surface area contributed by atoms with Crippen molar-refractivity contribution in [2.75, 3.05) is 12.3 Å². The molecule has 294 valence electrons. The molecule has 0 saturated carbocycles. The van der Waals surface area contributed by atoms with Crippen LogP contribution >= 0.6 is 50.7 Å². The van der Waals surface area contributed by atoms with E-state index in [4.69, 9.17) is 0 Å². The first kappa shape index (κ1) is 44.0. The fourth-order valence-electron chi connectivity index (χ4n) is 5.58. The Morgan fingerprint density at radius 3 is 0.672 bits per heavy atom. The molecule has 58 heavy (non-hydrogen) atoms. The number of pyridine rings is 8.